The fourth-order valence-electron chi connectivity index (χ4n) is 4.95. The van der Waals surface area contributed by atoms with E-state index in [1.807, 2.05) is 17.8 Å². The molecule has 2 heterocycles. The van der Waals surface area contributed by atoms with E-state index in [2.05, 4.69) is 68.7 Å². The minimum Gasteiger partial charge on any atom is -0.307 e. The van der Waals surface area contributed by atoms with Gasteiger partial charge in [-0.15, -0.1) is 11.8 Å². The lowest BCUT2D eigenvalue weighted by atomic mass is 9.85. The predicted molar refractivity (Wildman–Crippen MR) is 141 cm³/mol. The average molecular weight is 484 g/mol. The number of thioether (sulfide) groups is 1. The molecule has 0 aromatic heterocycles. The molecule has 0 fully saturated rings. The summed E-state index contributed by atoms with van der Waals surface area (Å²) in [6.45, 7) is 0. The molecule has 168 valence electrons. The Bertz CT molecular complexity index is 1520. The van der Waals surface area contributed by atoms with Crippen LogP contribution in [-0.4, -0.2) is 24.8 Å². The van der Waals surface area contributed by atoms with Crippen molar-refractivity contribution in [2.75, 3.05) is 19.8 Å². The summed E-state index contributed by atoms with van der Waals surface area (Å²) < 4.78 is 0. The molecular formula is C28H23N2O2S2+. The van der Waals surface area contributed by atoms with Crippen LogP contribution >= 0.6 is 23.5 Å². The molecule has 0 unspecified atom stereocenters. The van der Waals surface area contributed by atoms with Gasteiger partial charge in [0.2, 0.25) is 0 Å². The van der Waals surface area contributed by atoms with Gasteiger partial charge in [0.15, 0.2) is 0 Å². The van der Waals surface area contributed by atoms with Crippen molar-refractivity contribution in [1.82, 2.24) is 0 Å². The summed E-state index contributed by atoms with van der Waals surface area (Å²) in [6, 6.07) is 24.9. The Labute approximate surface area is 206 Å². The van der Waals surface area contributed by atoms with Crippen molar-refractivity contribution in [1.29, 1.82) is 0 Å². The maximum Gasteiger partial charge on any atom is 0.270 e. The molecule has 6 heteroatoms. The monoisotopic (exact) mass is 483 g/mol. The maximum absolute atomic E-state index is 11.7. The van der Waals surface area contributed by atoms with E-state index < -0.39 is 0 Å². The molecule has 1 N–H and O–H groups in total. The Morgan fingerprint density at radius 1 is 0.882 bits per heavy atom. The molecule has 0 radical (unpaired) electrons. The number of rotatable bonds is 2. The molecule has 0 aliphatic carbocycles. The lowest BCUT2D eigenvalue weighted by molar-refractivity contribution is -0.786. The molecule has 0 bridgehead atoms. The van der Waals surface area contributed by atoms with Gasteiger partial charge in [0.05, 0.1) is 19.0 Å². The van der Waals surface area contributed by atoms with Gasteiger partial charge in [-0.1, -0.05) is 42.1 Å². The molecule has 0 atom stereocenters. The van der Waals surface area contributed by atoms with Gasteiger partial charge in [0.25, 0.3) is 5.69 Å². The summed E-state index contributed by atoms with van der Waals surface area (Å²) in [5, 5.41) is 14.2. The van der Waals surface area contributed by atoms with Gasteiger partial charge in [-0.3, -0.25) is 10.1 Å². The van der Waals surface area contributed by atoms with Gasteiger partial charge in [0, 0.05) is 55.8 Å². The SMILES string of the molecule is C[NH+](C)c1ccc2c(c1)/C(=C1/CCSc3ccc4ccccc4c31)c1cc([N+](=O)[O-])ccc1S2. The van der Waals surface area contributed by atoms with E-state index in [0.29, 0.717) is 0 Å². The summed E-state index contributed by atoms with van der Waals surface area (Å²) in [6.07, 6.45) is 0.923. The van der Waals surface area contributed by atoms with Crippen molar-refractivity contribution in [2.24, 2.45) is 0 Å². The van der Waals surface area contributed by atoms with Crippen LogP contribution in [0.15, 0.2) is 87.5 Å². The third-order valence-corrected chi connectivity index (χ3v) is 8.80. The standard InChI is InChI=1S/C28H22N2O2S2/c1-29(2)18-8-11-24-22(15-18)27(23-16-19(30(31)32)9-12-25(23)34-24)21-13-14-33-26-10-7-17-5-3-4-6-20(17)28(21)26/h3-12,15-16H,13-14H2,1-2H3/p+1/b27-21+. The first kappa shape index (κ1) is 21.5. The maximum atomic E-state index is 11.7. The van der Waals surface area contributed by atoms with Crippen LogP contribution in [-0.2, 0) is 0 Å². The van der Waals surface area contributed by atoms with Gasteiger partial charge < -0.3 is 4.90 Å². The van der Waals surface area contributed by atoms with E-state index in [1.165, 1.54) is 47.9 Å². The van der Waals surface area contributed by atoms with Gasteiger partial charge in [-0.05, 0) is 52.1 Å². The van der Waals surface area contributed by atoms with E-state index in [-0.39, 0.29) is 10.6 Å². The molecule has 2 aliphatic rings. The second-order valence-electron chi connectivity index (χ2n) is 8.86. The summed E-state index contributed by atoms with van der Waals surface area (Å²) in [5.41, 5.74) is 7.21. The lowest BCUT2D eigenvalue weighted by Crippen LogP contribution is -3.00. The third kappa shape index (κ3) is 3.45. The first-order chi connectivity index (χ1) is 16.5. The number of benzene rings is 4. The normalized spacial score (nSPS) is 16.8. The fourth-order valence-corrected chi connectivity index (χ4v) is 7.07. The molecule has 2 aliphatic heterocycles. The molecule has 4 nitrogen and oxygen atoms in total. The van der Waals surface area contributed by atoms with E-state index >= 15 is 0 Å². The highest BCUT2D eigenvalue weighted by Gasteiger charge is 2.30. The van der Waals surface area contributed by atoms with Crippen molar-refractivity contribution in [3.05, 3.63) is 99.6 Å². The van der Waals surface area contributed by atoms with Crippen LogP contribution in [0, 0.1) is 10.1 Å². The van der Waals surface area contributed by atoms with Crippen molar-refractivity contribution < 1.29 is 9.82 Å². The van der Waals surface area contributed by atoms with Crippen molar-refractivity contribution in [2.45, 2.75) is 21.1 Å². The first-order valence-corrected chi connectivity index (χ1v) is 13.1. The quantitative estimate of drug-likeness (QED) is 0.232. The number of nitro benzene ring substituents is 1. The number of hydrogen-bond acceptors (Lipinski definition) is 4. The smallest absolute Gasteiger partial charge is 0.270 e. The van der Waals surface area contributed by atoms with Crippen LogP contribution in [0.5, 0.6) is 0 Å². The minimum atomic E-state index is -0.288. The van der Waals surface area contributed by atoms with E-state index in [9.17, 15) is 10.1 Å². The van der Waals surface area contributed by atoms with Crippen LogP contribution < -0.4 is 4.90 Å². The highest BCUT2D eigenvalue weighted by Crippen LogP contribution is 2.53. The first-order valence-electron chi connectivity index (χ1n) is 11.3. The van der Waals surface area contributed by atoms with Gasteiger partial charge in [0.1, 0.15) is 5.69 Å². The molecule has 0 amide bonds. The molecule has 4 aromatic carbocycles. The zero-order valence-corrected chi connectivity index (χ0v) is 20.6. The lowest BCUT2D eigenvalue weighted by Gasteiger charge is -2.29. The Kier molecular flexibility index (Phi) is 5.25. The number of nitrogens with one attached hydrogen (secondary N) is 1. The summed E-state index contributed by atoms with van der Waals surface area (Å²) in [5.74, 6) is 0.996. The van der Waals surface area contributed by atoms with Crippen LogP contribution in [0.25, 0.3) is 21.9 Å². The second-order valence-corrected chi connectivity index (χ2v) is 11.1. The molecule has 0 spiro atoms. The van der Waals surface area contributed by atoms with Gasteiger partial charge in [-0.2, -0.15) is 0 Å². The van der Waals surface area contributed by atoms with Gasteiger partial charge in [-0.25, -0.2) is 0 Å². The minimum absolute atomic E-state index is 0.138. The fraction of sp³-hybridized carbons (Fsp3) is 0.143. The van der Waals surface area contributed by atoms with E-state index in [4.69, 9.17) is 0 Å². The third-order valence-electron chi connectivity index (χ3n) is 6.59. The number of quaternary nitrogens is 1. The van der Waals surface area contributed by atoms with Crippen molar-refractivity contribution >= 4 is 56.8 Å². The summed E-state index contributed by atoms with van der Waals surface area (Å²) in [4.78, 5) is 16.2. The largest absolute Gasteiger partial charge is 0.307 e. The topological polar surface area (TPSA) is 47.6 Å². The predicted octanol–water partition coefficient (Wildman–Crippen LogP) is 6.44. The number of nitro groups is 1. The molecule has 4 aromatic rings. The number of nitrogens with zero attached hydrogens (tertiary/aromatic N) is 1. The number of hydrogen-bond donors (Lipinski definition) is 1. The molecule has 0 saturated heterocycles. The summed E-state index contributed by atoms with van der Waals surface area (Å²) >= 11 is 3.60. The molecular weight excluding hydrogens is 460 g/mol. The zero-order chi connectivity index (χ0) is 23.4. The number of allylic oxidation sites excluding steroid dienone is 1. The highest BCUT2D eigenvalue weighted by atomic mass is 32.2. The Balaban J connectivity index is 1.74. The Hall–Kier alpha value is -3.06. The second kappa shape index (κ2) is 8.31. The molecule has 0 saturated carbocycles. The zero-order valence-electron chi connectivity index (χ0n) is 18.9. The van der Waals surface area contributed by atoms with E-state index in [1.54, 1.807) is 23.9 Å². The Morgan fingerprint density at radius 2 is 1.62 bits per heavy atom. The molecule has 34 heavy (non-hydrogen) atoms. The van der Waals surface area contributed by atoms with Crippen molar-refractivity contribution in [3.63, 3.8) is 0 Å². The van der Waals surface area contributed by atoms with Crippen molar-refractivity contribution in [3.8, 4) is 0 Å². The van der Waals surface area contributed by atoms with E-state index in [0.717, 1.165) is 28.2 Å². The van der Waals surface area contributed by atoms with Gasteiger partial charge >= 0.3 is 0 Å². The summed E-state index contributed by atoms with van der Waals surface area (Å²) in [7, 11) is 4.26. The number of fused-ring (bicyclic) bond motifs is 5. The van der Waals surface area contributed by atoms with Crippen LogP contribution in [0.1, 0.15) is 23.1 Å². The molecule has 6 rings (SSSR count). The van der Waals surface area contributed by atoms with Crippen LogP contribution in [0.4, 0.5) is 11.4 Å². The van der Waals surface area contributed by atoms with Crippen LogP contribution in [0.2, 0.25) is 0 Å². The number of non-ortho nitro benzene ring substituents is 1. The highest BCUT2D eigenvalue weighted by molar-refractivity contribution is 7.99. The van der Waals surface area contributed by atoms with Crippen LogP contribution in [0.3, 0.4) is 0 Å². The Morgan fingerprint density at radius 3 is 2.41 bits per heavy atom. The average Bonchev–Trinajstić information content (AvgIpc) is 2.86.